The van der Waals surface area contributed by atoms with Crippen molar-refractivity contribution < 1.29 is 9.53 Å². The van der Waals surface area contributed by atoms with Gasteiger partial charge in [-0.3, -0.25) is 4.79 Å². The Hall–Kier alpha value is -2.70. The van der Waals surface area contributed by atoms with E-state index >= 15 is 0 Å². The first-order chi connectivity index (χ1) is 13.3. The Morgan fingerprint density at radius 1 is 0.889 bits per heavy atom. The molecule has 0 aliphatic carbocycles. The van der Waals surface area contributed by atoms with Gasteiger partial charge in [-0.1, -0.05) is 64.0 Å². The fraction of sp³-hybridized carbons (Fsp3) is 0.500. The van der Waals surface area contributed by atoms with Crippen LogP contribution >= 0.6 is 0 Å². The molecule has 0 bridgehead atoms. The maximum atomic E-state index is 12.0. The van der Waals surface area contributed by atoms with Crippen LogP contribution in [0.3, 0.4) is 0 Å². The highest BCUT2D eigenvalue weighted by Crippen LogP contribution is 2.22. The molecule has 1 aromatic rings. The summed E-state index contributed by atoms with van der Waals surface area (Å²) in [6, 6.07) is 7.47. The highest BCUT2D eigenvalue weighted by molar-refractivity contribution is 6.69. The highest BCUT2D eigenvalue weighted by atomic mass is 16.5. The molecule has 0 saturated heterocycles. The van der Waals surface area contributed by atoms with Crippen LogP contribution < -0.4 is 4.74 Å². The molecule has 2 heterocycles. The first-order valence-electron chi connectivity index (χ1n) is 9.72. The summed E-state index contributed by atoms with van der Waals surface area (Å²) in [7, 11) is 0. The molecule has 0 unspecified atom stereocenters. The molecule has 0 atom stereocenters. The lowest BCUT2D eigenvalue weighted by Crippen LogP contribution is -2.26. The van der Waals surface area contributed by atoms with Gasteiger partial charge in [-0.05, 0) is 23.8 Å². The van der Waals surface area contributed by atoms with Gasteiger partial charge in [0.1, 0.15) is 5.75 Å². The number of fused-ring (bicyclic) bond motifs is 1. The molecule has 2 aliphatic heterocycles. The van der Waals surface area contributed by atoms with Gasteiger partial charge < -0.3 is 4.74 Å². The summed E-state index contributed by atoms with van der Waals surface area (Å²) < 4.78 is 5.94. The summed E-state index contributed by atoms with van der Waals surface area (Å²) in [5.41, 5.74) is 0.773. The number of carbonyl (C=O) groups excluding carboxylic acids is 1. The SMILES string of the molecule is CCCCCCCCCCOc1ccccc1C1=NC(=O)C2=NN=NC2=N1. The monoisotopic (exact) mass is 367 g/mol. The molecular weight excluding hydrogens is 342 g/mol. The summed E-state index contributed by atoms with van der Waals surface area (Å²) in [5.74, 6) is 0.703. The molecule has 0 spiro atoms. The van der Waals surface area contributed by atoms with E-state index in [4.69, 9.17) is 4.74 Å². The van der Waals surface area contributed by atoms with Gasteiger partial charge in [0.05, 0.1) is 12.2 Å². The van der Waals surface area contributed by atoms with E-state index in [2.05, 4.69) is 32.3 Å². The molecule has 0 N–H and O–H groups in total. The third kappa shape index (κ3) is 5.15. The molecule has 142 valence electrons. The number of rotatable bonds is 11. The van der Waals surface area contributed by atoms with Gasteiger partial charge in [-0.25, -0.2) is 4.99 Å². The Bertz CT molecular complexity index is 795. The molecule has 7 heteroatoms. The fourth-order valence-corrected chi connectivity index (χ4v) is 3.01. The van der Waals surface area contributed by atoms with E-state index in [1.54, 1.807) is 0 Å². The average Bonchev–Trinajstić information content (AvgIpc) is 3.16. The van der Waals surface area contributed by atoms with E-state index in [1.807, 2.05) is 24.3 Å². The van der Waals surface area contributed by atoms with E-state index < -0.39 is 5.91 Å². The average molecular weight is 367 g/mol. The lowest BCUT2D eigenvalue weighted by molar-refractivity contribution is -0.111. The second-order valence-electron chi connectivity index (χ2n) is 6.63. The molecular formula is C20H25N5O2. The minimum absolute atomic E-state index is 0.0936. The van der Waals surface area contributed by atoms with E-state index in [0.717, 1.165) is 12.8 Å². The van der Waals surface area contributed by atoms with E-state index in [9.17, 15) is 4.79 Å². The number of amides is 1. The van der Waals surface area contributed by atoms with Crippen molar-refractivity contribution in [3.8, 4) is 5.75 Å². The summed E-state index contributed by atoms with van der Waals surface area (Å²) >= 11 is 0. The first-order valence-corrected chi connectivity index (χ1v) is 9.72. The Morgan fingerprint density at radius 2 is 1.63 bits per heavy atom. The number of aliphatic imine (C=N–C) groups is 2. The number of carbonyl (C=O) groups is 1. The normalized spacial score (nSPS) is 15.3. The van der Waals surface area contributed by atoms with Crippen molar-refractivity contribution in [1.82, 2.24) is 0 Å². The van der Waals surface area contributed by atoms with Crippen LogP contribution in [0.1, 0.15) is 63.9 Å². The van der Waals surface area contributed by atoms with Gasteiger partial charge >= 0.3 is 5.91 Å². The van der Waals surface area contributed by atoms with Crippen LogP contribution in [0.5, 0.6) is 5.75 Å². The third-order valence-electron chi connectivity index (χ3n) is 4.50. The lowest BCUT2D eigenvalue weighted by atomic mass is 10.1. The zero-order valence-electron chi connectivity index (χ0n) is 15.7. The molecule has 1 amide bonds. The number of benzene rings is 1. The maximum absolute atomic E-state index is 12.0. The van der Waals surface area contributed by atoms with Crippen LogP contribution in [-0.2, 0) is 4.79 Å². The van der Waals surface area contributed by atoms with Crippen molar-refractivity contribution in [2.24, 2.45) is 25.4 Å². The highest BCUT2D eigenvalue weighted by Gasteiger charge is 2.28. The van der Waals surface area contributed by atoms with Gasteiger partial charge in [0.2, 0.25) is 11.5 Å². The van der Waals surface area contributed by atoms with Crippen molar-refractivity contribution in [3.63, 3.8) is 0 Å². The lowest BCUT2D eigenvalue weighted by Gasteiger charge is -2.12. The fourth-order valence-electron chi connectivity index (χ4n) is 3.01. The third-order valence-corrected chi connectivity index (χ3v) is 4.50. The predicted molar refractivity (Wildman–Crippen MR) is 106 cm³/mol. The second kappa shape index (κ2) is 9.85. The standard InChI is InChI=1S/C20H25N5O2/c1-2-3-4-5-6-7-8-11-14-27-16-13-10-9-12-15(16)18-21-19-17(20(26)22-18)23-25-24-19/h9-10,12-13H,2-8,11,14H2,1H3. The van der Waals surface area contributed by atoms with Gasteiger partial charge in [0.15, 0.2) is 5.84 Å². The number of hydrogen-bond acceptors (Lipinski definition) is 6. The Labute approximate surface area is 159 Å². The molecule has 7 nitrogen and oxygen atoms in total. The van der Waals surface area contributed by atoms with Crippen molar-refractivity contribution in [2.45, 2.75) is 58.3 Å². The molecule has 0 aromatic heterocycles. The van der Waals surface area contributed by atoms with Crippen molar-refractivity contribution in [2.75, 3.05) is 6.61 Å². The zero-order chi connectivity index (χ0) is 18.9. The summed E-state index contributed by atoms with van der Waals surface area (Å²) in [5, 5.41) is 10.9. The molecule has 3 rings (SSSR count). The summed E-state index contributed by atoms with van der Waals surface area (Å²) in [6.45, 7) is 2.87. The van der Waals surface area contributed by atoms with Crippen LogP contribution in [-0.4, -0.2) is 29.9 Å². The van der Waals surface area contributed by atoms with E-state index in [-0.39, 0.29) is 11.5 Å². The number of hydrogen-bond donors (Lipinski definition) is 0. The van der Waals surface area contributed by atoms with Gasteiger partial charge in [-0.15, -0.1) is 10.2 Å². The van der Waals surface area contributed by atoms with E-state index in [1.165, 1.54) is 38.5 Å². The second-order valence-corrected chi connectivity index (χ2v) is 6.63. The molecule has 0 radical (unpaired) electrons. The Balaban J connectivity index is 1.51. The number of nitrogens with zero attached hydrogens (tertiary/aromatic N) is 5. The van der Waals surface area contributed by atoms with Gasteiger partial charge in [0, 0.05) is 0 Å². The van der Waals surface area contributed by atoms with Crippen molar-refractivity contribution in [3.05, 3.63) is 29.8 Å². The van der Waals surface area contributed by atoms with Gasteiger partial charge in [0.25, 0.3) is 0 Å². The summed E-state index contributed by atoms with van der Waals surface area (Å²) in [6.07, 6.45) is 10.0. The topological polar surface area (TPSA) is 88.1 Å². The van der Waals surface area contributed by atoms with E-state index in [0.29, 0.717) is 23.8 Å². The number of ether oxygens (including phenoxy) is 1. The van der Waals surface area contributed by atoms with Crippen molar-refractivity contribution in [1.29, 1.82) is 0 Å². The van der Waals surface area contributed by atoms with Gasteiger partial charge in [-0.2, -0.15) is 4.99 Å². The molecule has 1 aromatic carbocycles. The molecule has 0 saturated carbocycles. The molecule has 27 heavy (non-hydrogen) atoms. The predicted octanol–water partition coefficient (Wildman–Crippen LogP) is 4.71. The zero-order valence-corrected chi connectivity index (χ0v) is 15.7. The number of unbranched alkanes of at least 4 members (excludes halogenated alkanes) is 7. The molecule has 2 aliphatic rings. The molecule has 0 fully saturated rings. The largest absolute Gasteiger partial charge is 0.493 e. The number of para-hydroxylation sites is 1. The number of amidine groups is 2. The van der Waals surface area contributed by atoms with Crippen LogP contribution in [0.25, 0.3) is 0 Å². The smallest absolute Gasteiger partial charge is 0.303 e. The minimum Gasteiger partial charge on any atom is -0.493 e. The van der Waals surface area contributed by atoms with Crippen molar-refractivity contribution >= 4 is 23.3 Å². The quantitative estimate of drug-likeness (QED) is 0.530. The summed E-state index contributed by atoms with van der Waals surface area (Å²) in [4.78, 5) is 20.3. The Kier molecular flexibility index (Phi) is 6.96. The Morgan fingerprint density at radius 3 is 2.44 bits per heavy atom. The maximum Gasteiger partial charge on any atom is 0.303 e. The minimum atomic E-state index is -0.474. The van der Waals surface area contributed by atoms with Crippen LogP contribution in [0.4, 0.5) is 0 Å². The first kappa shape index (κ1) is 19.1. The van der Waals surface area contributed by atoms with Crippen LogP contribution in [0.15, 0.2) is 49.7 Å². The van der Waals surface area contributed by atoms with Crippen LogP contribution in [0.2, 0.25) is 0 Å². The van der Waals surface area contributed by atoms with Crippen LogP contribution in [0, 0.1) is 0 Å².